The highest BCUT2D eigenvalue weighted by atomic mass is 28.4. The molecule has 0 N–H and O–H groups in total. The summed E-state index contributed by atoms with van der Waals surface area (Å²) in [7, 11) is -2.08. The van der Waals surface area contributed by atoms with Crippen molar-refractivity contribution >= 4 is 8.56 Å². The largest absolute Gasteiger partial charge is 0.394 e. The Bertz CT molecular complexity index is 261. The minimum Gasteiger partial charge on any atom is -0.394 e. The summed E-state index contributed by atoms with van der Waals surface area (Å²) in [5.41, 5.74) is 1.42. The van der Waals surface area contributed by atoms with Crippen LogP contribution < -0.4 is 0 Å². The van der Waals surface area contributed by atoms with Crippen LogP contribution in [0.4, 0.5) is 0 Å². The molecule has 2 nitrogen and oxygen atoms in total. The summed E-state index contributed by atoms with van der Waals surface area (Å²) in [5, 5.41) is 0. The van der Waals surface area contributed by atoms with Gasteiger partial charge in [-0.3, -0.25) is 0 Å². The first-order valence-electron chi connectivity index (χ1n) is 8.25. The van der Waals surface area contributed by atoms with Gasteiger partial charge in [0.05, 0.1) is 0 Å². The fraction of sp³-hybridized carbons (Fsp3) is 1.00. The molecule has 4 unspecified atom stereocenters. The number of hydrogen-bond donors (Lipinski definition) is 0. The average Bonchev–Trinajstić information content (AvgIpc) is 2.28. The molecule has 0 aromatic heterocycles. The Morgan fingerprint density at radius 2 is 1.05 bits per heavy atom. The van der Waals surface area contributed by atoms with Crippen LogP contribution in [0.2, 0.25) is 11.1 Å². The van der Waals surface area contributed by atoms with Gasteiger partial charge in [-0.05, 0) is 50.4 Å². The molecule has 0 bridgehead atoms. The molecule has 0 amide bonds. The molecule has 0 aliphatic heterocycles. The van der Waals surface area contributed by atoms with Crippen molar-refractivity contribution < 1.29 is 8.85 Å². The smallest absolute Gasteiger partial charge is 0.345 e. The van der Waals surface area contributed by atoms with Crippen LogP contribution in [0.25, 0.3) is 0 Å². The highest BCUT2D eigenvalue weighted by Gasteiger charge is 2.64. The van der Waals surface area contributed by atoms with Crippen LogP contribution >= 0.6 is 0 Å². The van der Waals surface area contributed by atoms with Crippen LogP contribution in [-0.2, 0) is 8.85 Å². The quantitative estimate of drug-likeness (QED) is 0.664. The summed E-state index contributed by atoms with van der Waals surface area (Å²) >= 11 is 0. The van der Waals surface area contributed by atoms with E-state index in [-0.39, 0.29) is 0 Å². The topological polar surface area (TPSA) is 18.5 Å². The normalized spacial score (nSPS) is 42.6. The second kappa shape index (κ2) is 5.86. The van der Waals surface area contributed by atoms with Crippen LogP contribution in [0.1, 0.15) is 54.4 Å². The maximum Gasteiger partial charge on any atom is 0.345 e. The lowest BCUT2D eigenvalue weighted by molar-refractivity contribution is 0.0636. The second-order valence-electron chi connectivity index (χ2n) is 7.02. The molecule has 2 fully saturated rings. The summed E-state index contributed by atoms with van der Waals surface area (Å²) in [6.45, 7) is 15.5. The van der Waals surface area contributed by atoms with Gasteiger partial charge in [0, 0.05) is 24.3 Å². The Kier molecular flexibility index (Phi) is 4.79. The van der Waals surface area contributed by atoms with Crippen molar-refractivity contribution in [3.8, 4) is 0 Å². The third-order valence-electron chi connectivity index (χ3n) is 5.61. The van der Waals surface area contributed by atoms with Gasteiger partial charge >= 0.3 is 8.56 Å². The van der Waals surface area contributed by atoms with E-state index in [4.69, 9.17) is 8.85 Å². The van der Waals surface area contributed by atoms with E-state index in [2.05, 4.69) is 41.5 Å². The molecule has 4 atom stereocenters. The predicted molar refractivity (Wildman–Crippen MR) is 82.4 cm³/mol. The Balaban J connectivity index is 2.29. The van der Waals surface area contributed by atoms with Crippen LogP contribution in [0.3, 0.4) is 0 Å². The van der Waals surface area contributed by atoms with Crippen molar-refractivity contribution in [1.82, 2.24) is 0 Å². The SMILES string of the molecule is CCO[Si](OCC)(C1C(C)CC1C)C1C(C)CC1C. The van der Waals surface area contributed by atoms with Gasteiger partial charge in [0.2, 0.25) is 0 Å². The van der Waals surface area contributed by atoms with Crippen LogP contribution in [0, 0.1) is 23.7 Å². The lowest BCUT2D eigenvalue weighted by Gasteiger charge is -2.58. The van der Waals surface area contributed by atoms with E-state index in [0.717, 1.165) is 36.9 Å². The highest BCUT2D eigenvalue weighted by Crippen LogP contribution is 2.62. The molecular weight excluding hydrogens is 252 g/mol. The van der Waals surface area contributed by atoms with Gasteiger partial charge in [-0.15, -0.1) is 0 Å². The van der Waals surface area contributed by atoms with Crippen molar-refractivity contribution in [2.45, 2.75) is 65.5 Å². The summed E-state index contributed by atoms with van der Waals surface area (Å²) in [6.07, 6.45) is 2.71. The summed E-state index contributed by atoms with van der Waals surface area (Å²) < 4.78 is 13.0. The Labute approximate surface area is 120 Å². The van der Waals surface area contributed by atoms with E-state index in [1.807, 2.05) is 0 Å². The lowest BCUT2D eigenvalue weighted by Crippen LogP contribution is -2.63. The predicted octanol–water partition coefficient (Wildman–Crippen LogP) is 4.59. The van der Waals surface area contributed by atoms with Gasteiger partial charge in [-0.25, -0.2) is 0 Å². The first-order chi connectivity index (χ1) is 8.97. The average molecular weight is 285 g/mol. The van der Waals surface area contributed by atoms with Crippen molar-refractivity contribution in [3.05, 3.63) is 0 Å². The Morgan fingerprint density at radius 1 is 0.737 bits per heavy atom. The number of hydrogen-bond acceptors (Lipinski definition) is 2. The molecule has 2 rings (SSSR count). The van der Waals surface area contributed by atoms with Gasteiger partial charge in [0.1, 0.15) is 0 Å². The Morgan fingerprint density at radius 3 is 1.26 bits per heavy atom. The minimum absolute atomic E-state index is 0.711. The first kappa shape index (κ1) is 15.5. The van der Waals surface area contributed by atoms with Gasteiger partial charge in [0.25, 0.3) is 0 Å². The van der Waals surface area contributed by atoms with E-state index in [1.54, 1.807) is 0 Å². The molecule has 0 aromatic rings. The summed E-state index contributed by atoms with van der Waals surface area (Å²) in [6, 6.07) is 0. The molecule has 0 spiro atoms. The standard InChI is InChI=1S/C16H32O2Si/c1-7-17-19(18-8-2,15-11(3)9-12(15)4)16-13(5)10-14(16)6/h11-16H,7-10H2,1-6H3. The van der Waals surface area contributed by atoms with Gasteiger partial charge < -0.3 is 8.85 Å². The summed E-state index contributed by atoms with van der Waals surface area (Å²) in [5.74, 6) is 3.17. The second-order valence-corrected chi connectivity index (χ2v) is 10.4. The van der Waals surface area contributed by atoms with Crippen LogP contribution in [0.15, 0.2) is 0 Å². The van der Waals surface area contributed by atoms with E-state index < -0.39 is 8.56 Å². The molecule has 2 saturated carbocycles. The zero-order chi connectivity index (χ0) is 14.2. The van der Waals surface area contributed by atoms with Gasteiger partial charge in [0.15, 0.2) is 0 Å². The minimum atomic E-state index is -2.08. The molecule has 2 aliphatic carbocycles. The van der Waals surface area contributed by atoms with Crippen molar-refractivity contribution in [3.63, 3.8) is 0 Å². The molecule has 0 radical (unpaired) electrons. The molecule has 0 aromatic carbocycles. The van der Waals surface area contributed by atoms with Crippen LogP contribution in [0.5, 0.6) is 0 Å². The van der Waals surface area contributed by atoms with Crippen molar-refractivity contribution in [2.75, 3.05) is 13.2 Å². The van der Waals surface area contributed by atoms with E-state index in [0.29, 0.717) is 11.1 Å². The molecular formula is C16H32O2Si. The first-order valence-corrected chi connectivity index (χ1v) is 10.2. The highest BCUT2D eigenvalue weighted by molar-refractivity contribution is 6.71. The maximum absolute atomic E-state index is 6.48. The van der Waals surface area contributed by atoms with E-state index in [1.165, 1.54) is 12.8 Å². The fourth-order valence-corrected chi connectivity index (χ4v) is 11.1. The Hall–Kier alpha value is 0.137. The monoisotopic (exact) mass is 284 g/mol. The third-order valence-corrected chi connectivity index (χ3v) is 11.2. The molecule has 2 aliphatic rings. The molecule has 19 heavy (non-hydrogen) atoms. The molecule has 3 heteroatoms. The van der Waals surface area contributed by atoms with Crippen molar-refractivity contribution in [1.29, 1.82) is 0 Å². The van der Waals surface area contributed by atoms with E-state index >= 15 is 0 Å². The molecule has 112 valence electrons. The zero-order valence-electron chi connectivity index (χ0n) is 13.6. The molecule has 0 saturated heterocycles. The van der Waals surface area contributed by atoms with Crippen LogP contribution in [-0.4, -0.2) is 21.8 Å². The third kappa shape index (κ3) is 2.42. The molecule has 0 heterocycles. The van der Waals surface area contributed by atoms with Gasteiger partial charge in [-0.2, -0.15) is 0 Å². The van der Waals surface area contributed by atoms with E-state index in [9.17, 15) is 0 Å². The maximum atomic E-state index is 6.48. The number of rotatable bonds is 6. The fourth-order valence-electron chi connectivity index (χ4n) is 5.18. The van der Waals surface area contributed by atoms with Crippen molar-refractivity contribution in [2.24, 2.45) is 23.7 Å². The summed E-state index contributed by atoms with van der Waals surface area (Å²) in [4.78, 5) is 0. The zero-order valence-corrected chi connectivity index (χ0v) is 14.6. The van der Waals surface area contributed by atoms with Gasteiger partial charge in [-0.1, -0.05) is 27.7 Å². The lowest BCUT2D eigenvalue weighted by atomic mass is 9.75.